The molecule has 0 bridgehead atoms. The Bertz CT molecular complexity index is 695. The number of hydrogen-bond acceptors (Lipinski definition) is 4. The molecule has 1 amide bonds. The summed E-state index contributed by atoms with van der Waals surface area (Å²) in [5.41, 5.74) is -0.297. The number of likely N-dealkylation sites (tertiary alicyclic amines) is 1. The van der Waals surface area contributed by atoms with Crippen molar-refractivity contribution in [2.75, 3.05) is 13.7 Å². The molecule has 1 aromatic heterocycles. The fourth-order valence-electron chi connectivity index (χ4n) is 3.56. The summed E-state index contributed by atoms with van der Waals surface area (Å²) >= 11 is 0. The standard InChI is InChI=1S/C19H25N3O3/c1-19(24,15-6-8-16(25-2)9-7-15)17-5-3-13-22(17)18(23)10-14-21-12-4-11-20-21/h4,6-9,11-12,17,24H,3,5,10,13-14H2,1-2H3/t17-,19+/m0/s1. The van der Waals surface area contributed by atoms with Gasteiger partial charge < -0.3 is 14.7 Å². The van der Waals surface area contributed by atoms with E-state index in [-0.39, 0.29) is 11.9 Å². The van der Waals surface area contributed by atoms with Gasteiger partial charge in [0.15, 0.2) is 0 Å². The van der Waals surface area contributed by atoms with Gasteiger partial charge in [0, 0.05) is 31.9 Å². The summed E-state index contributed by atoms with van der Waals surface area (Å²) < 4.78 is 6.93. The molecular formula is C19H25N3O3. The van der Waals surface area contributed by atoms with Crippen molar-refractivity contribution in [3.05, 3.63) is 48.3 Å². The molecule has 2 heterocycles. The molecule has 2 atom stereocenters. The Kier molecular flexibility index (Phi) is 5.08. The lowest BCUT2D eigenvalue weighted by Crippen LogP contribution is -2.48. The normalized spacial score (nSPS) is 19.6. The highest BCUT2D eigenvalue weighted by molar-refractivity contribution is 5.77. The van der Waals surface area contributed by atoms with Crippen molar-refractivity contribution in [2.45, 2.75) is 44.4 Å². The molecule has 2 aromatic rings. The van der Waals surface area contributed by atoms with Gasteiger partial charge in [0.05, 0.1) is 13.2 Å². The molecule has 1 saturated heterocycles. The molecule has 1 N–H and O–H groups in total. The van der Waals surface area contributed by atoms with E-state index in [1.54, 1.807) is 24.9 Å². The van der Waals surface area contributed by atoms with Crippen LogP contribution in [0, 0.1) is 0 Å². The van der Waals surface area contributed by atoms with Crippen molar-refractivity contribution >= 4 is 5.91 Å². The fraction of sp³-hybridized carbons (Fsp3) is 0.474. The first-order valence-electron chi connectivity index (χ1n) is 8.66. The van der Waals surface area contributed by atoms with Crippen LogP contribution in [-0.4, -0.2) is 45.4 Å². The molecule has 6 heteroatoms. The van der Waals surface area contributed by atoms with E-state index in [2.05, 4.69) is 5.10 Å². The van der Waals surface area contributed by atoms with Crippen LogP contribution in [0.4, 0.5) is 0 Å². The summed E-state index contributed by atoms with van der Waals surface area (Å²) in [4.78, 5) is 14.5. The predicted molar refractivity (Wildman–Crippen MR) is 94.1 cm³/mol. The third-order valence-corrected chi connectivity index (χ3v) is 5.01. The highest BCUT2D eigenvalue weighted by Gasteiger charge is 2.42. The first kappa shape index (κ1) is 17.5. The lowest BCUT2D eigenvalue weighted by molar-refractivity contribution is -0.138. The Morgan fingerprint density at radius 3 is 2.80 bits per heavy atom. The van der Waals surface area contributed by atoms with Crippen molar-refractivity contribution in [1.82, 2.24) is 14.7 Å². The van der Waals surface area contributed by atoms with E-state index in [1.165, 1.54) is 0 Å². The summed E-state index contributed by atoms with van der Waals surface area (Å²) in [6.07, 6.45) is 5.65. The number of methoxy groups -OCH3 is 1. The van der Waals surface area contributed by atoms with Crippen molar-refractivity contribution in [2.24, 2.45) is 0 Å². The van der Waals surface area contributed by atoms with E-state index in [1.807, 2.05) is 41.4 Å². The smallest absolute Gasteiger partial charge is 0.224 e. The molecule has 6 nitrogen and oxygen atoms in total. The van der Waals surface area contributed by atoms with Crippen molar-refractivity contribution in [3.63, 3.8) is 0 Å². The Morgan fingerprint density at radius 2 is 2.16 bits per heavy atom. The van der Waals surface area contributed by atoms with Crippen molar-refractivity contribution < 1.29 is 14.6 Å². The van der Waals surface area contributed by atoms with Crippen LogP contribution in [0.5, 0.6) is 5.75 Å². The number of amides is 1. The molecule has 3 rings (SSSR count). The van der Waals surface area contributed by atoms with Gasteiger partial charge in [0.25, 0.3) is 0 Å². The van der Waals surface area contributed by atoms with E-state index in [0.717, 1.165) is 24.2 Å². The Morgan fingerprint density at radius 1 is 1.40 bits per heavy atom. The van der Waals surface area contributed by atoms with Crippen molar-refractivity contribution in [1.29, 1.82) is 0 Å². The molecule has 134 valence electrons. The quantitative estimate of drug-likeness (QED) is 0.873. The molecular weight excluding hydrogens is 318 g/mol. The number of benzene rings is 1. The molecule has 1 aliphatic rings. The van der Waals surface area contributed by atoms with Crippen LogP contribution in [-0.2, 0) is 16.9 Å². The summed E-state index contributed by atoms with van der Waals surface area (Å²) in [6.45, 7) is 3.03. The fourth-order valence-corrected chi connectivity index (χ4v) is 3.56. The second-order valence-corrected chi connectivity index (χ2v) is 6.64. The number of ether oxygens (including phenoxy) is 1. The maximum absolute atomic E-state index is 12.7. The minimum absolute atomic E-state index is 0.0618. The highest BCUT2D eigenvalue weighted by Crippen LogP contribution is 2.35. The molecule has 1 aromatic carbocycles. The van der Waals surface area contributed by atoms with E-state index in [9.17, 15) is 9.90 Å². The second-order valence-electron chi connectivity index (χ2n) is 6.64. The van der Waals surface area contributed by atoms with E-state index < -0.39 is 5.60 Å². The molecule has 0 spiro atoms. The largest absolute Gasteiger partial charge is 0.497 e. The van der Waals surface area contributed by atoms with E-state index in [4.69, 9.17) is 4.74 Å². The van der Waals surface area contributed by atoms with Crippen molar-refractivity contribution in [3.8, 4) is 5.75 Å². The number of aryl methyl sites for hydroxylation is 1. The maximum Gasteiger partial charge on any atom is 0.224 e. The molecule has 0 aliphatic carbocycles. The zero-order valence-electron chi connectivity index (χ0n) is 14.8. The number of hydrogen-bond donors (Lipinski definition) is 1. The third kappa shape index (κ3) is 3.69. The van der Waals surface area contributed by atoms with Crippen LogP contribution < -0.4 is 4.74 Å². The number of rotatable bonds is 6. The molecule has 25 heavy (non-hydrogen) atoms. The molecule has 1 fully saturated rings. The lowest BCUT2D eigenvalue weighted by Gasteiger charge is -2.37. The minimum atomic E-state index is -1.09. The second kappa shape index (κ2) is 7.27. The SMILES string of the molecule is COc1ccc([C@@](C)(O)[C@@H]2CCCN2C(=O)CCn2cccn2)cc1. The number of carbonyl (C=O) groups is 1. The third-order valence-electron chi connectivity index (χ3n) is 5.01. The van der Waals surface area contributed by atoms with E-state index in [0.29, 0.717) is 19.5 Å². The lowest BCUT2D eigenvalue weighted by atomic mass is 9.86. The van der Waals surface area contributed by atoms with Crippen LogP contribution in [0.1, 0.15) is 31.7 Å². The average molecular weight is 343 g/mol. The Hall–Kier alpha value is -2.34. The Labute approximate surface area is 148 Å². The summed E-state index contributed by atoms with van der Waals surface area (Å²) in [6, 6.07) is 9.03. The van der Waals surface area contributed by atoms with Gasteiger partial charge in [-0.1, -0.05) is 12.1 Å². The predicted octanol–water partition coefficient (Wildman–Crippen LogP) is 2.18. The maximum atomic E-state index is 12.7. The molecule has 0 unspecified atom stereocenters. The van der Waals surface area contributed by atoms with Crippen LogP contribution >= 0.6 is 0 Å². The van der Waals surface area contributed by atoms with Gasteiger partial charge in [0.2, 0.25) is 5.91 Å². The summed E-state index contributed by atoms with van der Waals surface area (Å²) in [5, 5.41) is 15.3. The van der Waals surface area contributed by atoms with Crippen LogP contribution in [0.25, 0.3) is 0 Å². The zero-order valence-corrected chi connectivity index (χ0v) is 14.8. The van der Waals surface area contributed by atoms with Gasteiger partial charge in [-0.2, -0.15) is 5.10 Å². The van der Waals surface area contributed by atoms with Gasteiger partial charge in [-0.3, -0.25) is 9.48 Å². The number of nitrogens with zero attached hydrogens (tertiary/aromatic N) is 3. The first-order valence-corrected chi connectivity index (χ1v) is 8.66. The van der Waals surface area contributed by atoms with Gasteiger partial charge in [0.1, 0.15) is 11.4 Å². The van der Waals surface area contributed by atoms with Gasteiger partial charge in [-0.05, 0) is 43.5 Å². The van der Waals surface area contributed by atoms with Crippen LogP contribution in [0.3, 0.4) is 0 Å². The average Bonchev–Trinajstić information content (AvgIpc) is 3.31. The monoisotopic (exact) mass is 343 g/mol. The highest BCUT2D eigenvalue weighted by atomic mass is 16.5. The first-order chi connectivity index (χ1) is 12.0. The van der Waals surface area contributed by atoms with Gasteiger partial charge >= 0.3 is 0 Å². The van der Waals surface area contributed by atoms with Gasteiger partial charge in [-0.15, -0.1) is 0 Å². The molecule has 0 saturated carbocycles. The van der Waals surface area contributed by atoms with Crippen LogP contribution in [0.2, 0.25) is 0 Å². The number of aliphatic hydroxyl groups is 1. The zero-order chi connectivity index (χ0) is 17.9. The van der Waals surface area contributed by atoms with Gasteiger partial charge in [-0.25, -0.2) is 0 Å². The van der Waals surface area contributed by atoms with E-state index >= 15 is 0 Å². The number of carbonyl (C=O) groups excluding carboxylic acids is 1. The summed E-state index contributed by atoms with van der Waals surface area (Å²) in [5.74, 6) is 0.810. The minimum Gasteiger partial charge on any atom is -0.497 e. The van der Waals surface area contributed by atoms with Crippen LogP contribution in [0.15, 0.2) is 42.7 Å². The summed E-state index contributed by atoms with van der Waals surface area (Å²) in [7, 11) is 1.62. The Balaban J connectivity index is 1.71. The molecule has 0 radical (unpaired) electrons. The molecule has 1 aliphatic heterocycles. The topological polar surface area (TPSA) is 67.6 Å². The number of aromatic nitrogens is 2.